The van der Waals surface area contributed by atoms with Crippen LogP contribution in [0.25, 0.3) is 0 Å². The van der Waals surface area contributed by atoms with E-state index in [0.29, 0.717) is 13.2 Å². The van der Waals surface area contributed by atoms with Gasteiger partial charge in [0.1, 0.15) is 25.0 Å². The van der Waals surface area contributed by atoms with E-state index in [9.17, 15) is 5.11 Å². The Morgan fingerprint density at radius 3 is 2.26 bits per heavy atom. The average molecular weight is 287 g/mol. The van der Waals surface area contributed by atoms with E-state index >= 15 is 0 Å². The maximum Gasteiger partial charge on any atom is 0.137 e. The molecule has 4 heteroatoms. The van der Waals surface area contributed by atoms with Gasteiger partial charge in [-0.15, -0.1) is 0 Å². The summed E-state index contributed by atoms with van der Waals surface area (Å²) in [7, 11) is 0. The maximum absolute atomic E-state index is 9.88. The van der Waals surface area contributed by atoms with Gasteiger partial charge in [0.05, 0.1) is 5.54 Å². The molecule has 19 heavy (non-hydrogen) atoms. The Morgan fingerprint density at radius 1 is 1.26 bits per heavy atom. The van der Waals surface area contributed by atoms with Crippen LogP contribution in [0.15, 0.2) is 12.1 Å². The summed E-state index contributed by atoms with van der Waals surface area (Å²) >= 11 is 6.10. The molecule has 0 bridgehead atoms. The predicted molar refractivity (Wildman–Crippen MR) is 79.0 cm³/mol. The Balaban J connectivity index is 2.48. The van der Waals surface area contributed by atoms with E-state index in [4.69, 9.17) is 16.3 Å². The number of ether oxygens (including phenoxy) is 1. The molecule has 3 N–H and O–H groups in total. The smallest absolute Gasteiger partial charge is 0.137 e. The Bertz CT molecular complexity index is 404. The first-order valence-corrected chi connectivity index (χ1v) is 6.99. The number of quaternary nitrogens is 1. The number of rotatable bonds is 5. The van der Waals surface area contributed by atoms with Gasteiger partial charge in [0.15, 0.2) is 0 Å². The molecule has 0 aliphatic carbocycles. The second-order valence-corrected chi connectivity index (χ2v) is 6.52. The first kappa shape index (κ1) is 16.3. The standard InChI is InChI=1S/C15H24ClNO2/c1-10-6-13(7-11(2)14(10)16)19-9-12(18)8-17-15(3,4)5/h6-7,12,17-18H,8-9H2,1-5H3/p+1/t12-/m1/s1. The van der Waals surface area contributed by atoms with Crippen LogP contribution in [0.1, 0.15) is 31.9 Å². The van der Waals surface area contributed by atoms with E-state index in [0.717, 1.165) is 21.9 Å². The quantitative estimate of drug-likeness (QED) is 0.870. The van der Waals surface area contributed by atoms with Crippen LogP contribution in [0, 0.1) is 13.8 Å². The van der Waals surface area contributed by atoms with Crippen LogP contribution >= 0.6 is 11.6 Å². The van der Waals surface area contributed by atoms with Crippen LogP contribution in [-0.4, -0.2) is 29.9 Å². The average Bonchev–Trinajstić information content (AvgIpc) is 2.29. The topological polar surface area (TPSA) is 46.1 Å². The second-order valence-electron chi connectivity index (χ2n) is 6.14. The van der Waals surface area contributed by atoms with E-state index in [1.165, 1.54) is 0 Å². The van der Waals surface area contributed by atoms with Crippen molar-refractivity contribution in [3.05, 3.63) is 28.3 Å². The number of hydrogen-bond acceptors (Lipinski definition) is 2. The van der Waals surface area contributed by atoms with Gasteiger partial charge in [-0.1, -0.05) is 11.6 Å². The van der Waals surface area contributed by atoms with Crippen LogP contribution < -0.4 is 10.1 Å². The minimum absolute atomic E-state index is 0.119. The minimum atomic E-state index is -0.476. The second kappa shape index (κ2) is 6.60. The summed E-state index contributed by atoms with van der Waals surface area (Å²) in [5.41, 5.74) is 2.11. The zero-order valence-corrected chi connectivity index (χ0v) is 13.2. The first-order valence-electron chi connectivity index (χ1n) is 6.61. The lowest BCUT2D eigenvalue weighted by atomic mass is 10.1. The van der Waals surface area contributed by atoms with Crippen molar-refractivity contribution in [2.75, 3.05) is 13.2 Å². The van der Waals surface area contributed by atoms with Crippen molar-refractivity contribution in [1.82, 2.24) is 0 Å². The highest BCUT2D eigenvalue weighted by Crippen LogP contribution is 2.25. The summed E-state index contributed by atoms with van der Waals surface area (Å²) in [5.74, 6) is 0.759. The molecule has 0 aliphatic heterocycles. The summed E-state index contributed by atoms with van der Waals surface area (Å²) in [6.45, 7) is 11.2. The molecule has 1 aromatic rings. The third-order valence-electron chi connectivity index (χ3n) is 2.85. The van der Waals surface area contributed by atoms with Gasteiger partial charge in [-0.25, -0.2) is 0 Å². The van der Waals surface area contributed by atoms with Crippen molar-refractivity contribution in [2.24, 2.45) is 0 Å². The highest BCUT2D eigenvalue weighted by Gasteiger charge is 2.16. The van der Waals surface area contributed by atoms with Crippen molar-refractivity contribution in [2.45, 2.75) is 46.3 Å². The summed E-state index contributed by atoms with van der Waals surface area (Å²) < 4.78 is 5.62. The van der Waals surface area contributed by atoms with Crippen LogP contribution in [0.2, 0.25) is 5.02 Å². The molecule has 1 atom stereocenters. The molecule has 3 nitrogen and oxygen atoms in total. The monoisotopic (exact) mass is 286 g/mol. The fourth-order valence-electron chi connectivity index (χ4n) is 1.74. The van der Waals surface area contributed by atoms with Crippen molar-refractivity contribution in [3.8, 4) is 5.75 Å². The fraction of sp³-hybridized carbons (Fsp3) is 0.600. The molecule has 0 amide bonds. The highest BCUT2D eigenvalue weighted by molar-refractivity contribution is 6.32. The van der Waals surface area contributed by atoms with Gasteiger partial charge in [0.2, 0.25) is 0 Å². The number of aliphatic hydroxyl groups excluding tert-OH is 1. The van der Waals surface area contributed by atoms with E-state index in [-0.39, 0.29) is 5.54 Å². The normalized spacial score (nSPS) is 13.4. The van der Waals surface area contributed by atoms with Crippen LogP contribution in [0.5, 0.6) is 5.75 Å². The Hall–Kier alpha value is -0.770. The molecule has 108 valence electrons. The van der Waals surface area contributed by atoms with Crippen molar-refractivity contribution in [1.29, 1.82) is 0 Å². The highest BCUT2D eigenvalue weighted by atomic mass is 35.5. The van der Waals surface area contributed by atoms with Gasteiger partial charge in [0, 0.05) is 5.02 Å². The molecule has 1 aromatic carbocycles. The SMILES string of the molecule is Cc1cc(OC[C@H](O)C[NH2+]C(C)(C)C)cc(C)c1Cl. The van der Waals surface area contributed by atoms with Crippen molar-refractivity contribution < 1.29 is 15.2 Å². The Labute approximate surface area is 120 Å². The molecule has 0 spiro atoms. The number of benzene rings is 1. The molecule has 0 unspecified atom stereocenters. The lowest BCUT2D eigenvalue weighted by molar-refractivity contribution is -0.722. The molecular formula is C15H25ClNO2+. The van der Waals surface area contributed by atoms with E-state index in [1.54, 1.807) is 0 Å². The Kier molecular flexibility index (Phi) is 5.65. The Morgan fingerprint density at radius 2 is 1.79 bits per heavy atom. The minimum Gasteiger partial charge on any atom is -0.491 e. The number of nitrogens with two attached hydrogens (primary N) is 1. The summed E-state index contributed by atoms with van der Waals surface area (Å²) in [6, 6.07) is 3.80. The third kappa shape index (κ3) is 5.81. The largest absolute Gasteiger partial charge is 0.491 e. The molecule has 0 aromatic heterocycles. The first-order chi connectivity index (χ1) is 8.69. The number of aryl methyl sites for hydroxylation is 2. The maximum atomic E-state index is 9.88. The molecule has 1 rings (SSSR count). The zero-order valence-electron chi connectivity index (χ0n) is 12.5. The van der Waals surface area contributed by atoms with Gasteiger partial charge in [-0.05, 0) is 57.9 Å². The summed E-state index contributed by atoms with van der Waals surface area (Å²) in [6.07, 6.45) is -0.476. The number of aliphatic hydroxyl groups is 1. The lowest BCUT2D eigenvalue weighted by Crippen LogP contribution is -2.96. The van der Waals surface area contributed by atoms with Gasteiger partial charge in [0.25, 0.3) is 0 Å². The molecular weight excluding hydrogens is 262 g/mol. The van der Waals surface area contributed by atoms with Gasteiger partial charge in [-0.3, -0.25) is 0 Å². The molecule has 0 saturated heterocycles. The molecule has 0 saturated carbocycles. The molecule has 0 radical (unpaired) electrons. The molecule has 0 aliphatic rings. The lowest BCUT2D eigenvalue weighted by Gasteiger charge is -2.19. The van der Waals surface area contributed by atoms with Crippen molar-refractivity contribution in [3.63, 3.8) is 0 Å². The third-order valence-corrected chi connectivity index (χ3v) is 3.45. The zero-order chi connectivity index (χ0) is 14.6. The van der Waals surface area contributed by atoms with E-state index in [2.05, 4.69) is 26.1 Å². The predicted octanol–water partition coefficient (Wildman–Crippen LogP) is 2.06. The van der Waals surface area contributed by atoms with Crippen molar-refractivity contribution >= 4 is 11.6 Å². The van der Waals surface area contributed by atoms with E-state index < -0.39 is 6.10 Å². The van der Waals surface area contributed by atoms with Gasteiger partial charge >= 0.3 is 0 Å². The van der Waals surface area contributed by atoms with Gasteiger partial charge < -0.3 is 15.2 Å². The number of halogens is 1. The van der Waals surface area contributed by atoms with Gasteiger partial charge in [-0.2, -0.15) is 0 Å². The molecule has 0 fully saturated rings. The fourth-order valence-corrected chi connectivity index (χ4v) is 1.85. The summed E-state index contributed by atoms with van der Waals surface area (Å²) in [4.78, 5) is 0. The summed E-state index contributed by atoms with van der Waals surface area (Å²) in [5, 5.41) is 12.8. The molecule has 0 heterocycles. The van der Waals surface area contributed by atoms with Crippen LogP contribution in [0.4, 0.5) is 0 Å². The van der Waals surface area contributed by atoms with Crippen LogP contribution in [-0.2, 0) is 0 Å². The number of hydrogen-bond donors (Lipinski definition) is 2. The van der Waals surface area contributed by atoms with Crippen LogP contribution in [0.3, 0.4) is 0 Å². The van der Waals surface area contributed by atoms with E-state index in [1.807, 2.05) is 26.0 Å².